The zero-order valence-electron chi connectivity index (χ0n) is 6.03. The first-order valence-electron chi connectivity index (χ1n) is 3.52. The molecule has 1 rings (SSSR count). The SMILES string of the molecule is O=CC1OCCC1CC(=O)O. The van der Waals surface area contributed by atoms with Gasteiger partial charge in [0.25, 0.3) is 0 Å². The van der Waals surface area contributed by atoms with Crippen molar-refractivity contribution in [2.75, 3.05) is 6.61 Å². The molecule has 1 N–H and O–H groups in total. The van der Waals surface area contributed by atoms with Crippen molar-refractivity contribution in [3.8, 4) is 0 Å². The number of carboxylic acid groups (broad SMARTS) is 1. The van der Waals surface area contributed by atoms with Gasteiger partial charge in [0.1, 0.15) is 12.4 Å². The summed E-state index contributed by atoms with van der Waals surface area (Å²) >= 11 is 0. The highest BCUT2D eigenvalue weighted by atomic mass is 16.5. The zero-order valence-corrected chi connectivity index (χ0v) is 6.03. The van der Waals surface area contributed by atoms with Crippen LogP contribution in [0.4, 0.5) is 0 Å². The molecular weight excluding hydrogens is 148 g/mol. The smallest absolute Gasteiger partial charge is 0.303 e. The van der Waals surface area contributed by atoms with Crippen LogP contribution in [0.3, 0.4) is 0 Å². The second-order valence-electron chi connectivity index (χ2n) is 2.62. The van der Waals surface area contributed by atoms with Gasteiger partial charge >= 0.3 is 5.97 Å². The molecule has 4 nitrogen and oxygen atoms in total. The highest BCUT2D eigenvalue weighted by Gasteiger charge is 2.29. The van der Waals surface area contributed by atoms with Crippen LogP contribution < -0.4 is 0 Å². The molecule has 0 aromatic rings. The van der Waals surface area contributed by atoms with Crippen LogP contribution in [0, 0.1) is 5.92 Å². The molecule has 0 aromatic heterocycles. The van der Waals surface area contributed by atoms with Crippen molar-refractivity contribution in [2.24, 2.45) is 5.92 Å². The Hall–Kier alpha value is -0.900. The maximum absolute atomic E-state index is 10.3. The van der Waals surface area contributed by atoms with E-state index in [1.54, 1.807) is 0 Å². The predicted octanol–water partition coefficient (Wildman–Crippen LogP) is 0.0651. The van der Waals surface area contributed by atoms with E-state index in [0.717, 1.165) is 0 Å². The summed E-state index contributed by atoms with van der Waals surface area (Å²) in [6, 6.07) is 0. The number of carbonyl (C=O) groups excluding carboxylic acids is 1. The summed E-state index contributed by atoms with van der Waals surface area (Å²) in [7, 11) is 0. The van der Waals surface area contributed by atoms with Crippen molar-refractivity contribution in [1.29, 1.82) is 0 Å². The molecule has 2 unspecified atom stereocenters. The highest BCUT2D eigenvalue weighted by Crippen LogP contribution is 2.22. The van der Waals surface area contributed by atoms with Gasteiger partial charge in [-0.15, -0.1) is 0 Å². The number of hydrogen-bond donors (Lipinski definition) is 1. The molecule has 0 radical (unpaired) electrons. The Bertz CT molecular complexity index is 166. The van der Waals surface area contributed by atoms with Gasteiger partial charge < -0.3 is 14.6 Å². The number of ether oxygens (including phenoxy) is 1. The number of aliphatic carboxylic acids is 1. The lowest BCUT2D eigenvalue weighted by molar-refractivity contribution is -0.138. The average molecular weight is 158 g/mol. The minimum Gasteiger partial charge on any atom is -0.481 e. The lowest BCUT2D eigenvalue weighted by atomic mass is 9.99. The zero-order chi connectivity index (χ0) is 8.27. The van der Waals surface area contributed by atoms with E-state index in [1.165, 1.54) is 0 Å². The molecular formula is C7H10O4. The minimum absolute atomic E-state index is 0.0312. The maximum atomic E-state index is 10.3. The second-order valence-corrected chi connectivity index (χ2v) is 2.62. The summed E-state index contributed by atoms with van der Waals surface area (Å²) in [5, 5.41) is 8.42. The van der Waals surface area contributed by atoms with Gasteiger partial charge in [0.2, 0.25) is 0 Å². The van der Waals surface area contributed by atoms with Crippen LogP contribution in [-0.4, -0.2) is 30.1 Å². The normalized spacial score (nSPS) is 30.2. The summed E-state index contributed by atoms with van der Waals surface area (Å²) in [5.41, 5.74) is 0. The monoisotopic (exact) mass is 158 g/mol. The fourth-order valence-electron chi connectivity index (χ4n) is 1.25. The average Bonchev–Trinajstić information content (AvgIpc) is 2.34. The van der Waals surface area contributed by atoms with E-state index in [-0.39, 0.29) is 12.3 Å². The van der Waals surface area contributed by atoms with Gasteiger partial charge in [-0.25, -0.2) is 0 Å². The first-order chi connectivity index (χ1) is 5.24. The van der Waals surface area contributed by atoms with Crippen molar-refractivity contribution in [1.82, 2.24) is 0 Å². The van der Waals surface area contributed by atoms with Crippen LogP contribution in [0.2, 0.25) is 0 Å². The van der Waals surface area contributed by atoms with Gasteiger partial charge in [0.05, 0.1) is 6.42 Å². The third-order valence-electron chi connectivity index (χ3n) is 1.83. The third kappa shape index (κ3) is 2.01. The molecule has 2 atom stereocenters. The van der Waals surface area contributed by atoms with Crippen LogP contribution in [0.25, 0.3) is 0 Å². The molecule has 1 aliphatic heterocycles. The molecule has 0 bridgehead atoms. The van der Waals surface area contributed by atoms with Crippen LogP contribution in [0.5, 0.6) is 0 Å². The second kappa shape index (κ2) is 3.48. The van der Waals surface area contributed by atoms with E-state index in [0.29, 0.717) is 19.3 Å². The van der Waals surface area contributed by atoms with Crippen molar-refractivity contribution in [2.45, 2.75) is 18.9 Å². The lowest BCUT2D eigenvalue weighted by Crippen LogP contribution is -2.20. The van der Waals surface area contributed by atoms with E-state index in [1.807, 2.05) is 0 Å². The molecule has 11 heavy (non-hydrogen) atoms. The van der Waals surface area contributed by atoms with Gasteiger partial charge in [-0.3, -0.25) is 4.79 Å². The number of carboxylic acids is 1. The van der Waals surface area contributed by atoms with Gasteiger partial charge in [-0.1, -0.05) is 0 Å². The van der Waals surface area contributed by atoms with Crippen LogP contribution in [0.1, 0.15) is 12.8 Å². The fourth-order valence-corrected chi connectivity index (χ4v) is 1.25. The Balaban J connectivity index is 2.43. The van der Waals surface area contributed by atoms with Crippen LogP contribution >= 0.6 is 0 Å². The van der Waals surface area contributed by atoms with Crippen molar-refractivity contribution in [3.63, 3.8) is 0 Å². The molecule has 1 aliphatic rings. The number of hydrogen-bond acceptors (Lipinski definition) is 3. The predicted molar refractivity (Wildman–Crippen MR) is 36.2 cm³/mol. The molecule has 0 spiro atoms. The van der Waals surface area contributed by atoms with Gasteiger partial charge in [-0.05, 0) is 6.42 Å². The first-order valence-corrected chi connectivity index (χ1v) is 3.52. The largest absolute Gasteiger partial charge is 0.481 e. The Kier molecular flexibility index (Phi) is 2.59. The summed E-state index contributed by atoms with van der Waals surface area (Å²) < 4.78 is 4.98. The van der Waals surface area contributed by atoms with E-state index in [4.69, 9.17) is 9.84 Å². The summed E-state index contributed by atoms with van der Waals surface area (Å²) in [6.07, 6.45) is 0.894. The molecule has 0 saturated carbocycles. The van der Waals surface area contributed by atoms with Crippen molar-refractivity contribution < 1.29 is 19.4 Å². The van der Waals surface area contributed by atoms with E-state index >= 15 is 0 Å². The van der Waals surface area contributed by atoms with Crippen LogP contribution in [0.15, 0.2) is 0 Å². The quantitative estimate of drug-likeness (QED) is 0.590. The Morgan fingerprint density at radius 3 is 3.00 bits per heavy atom. The molecule has 0 aromatic carbocycles. The van der Waals surface area contributed by atoms with Crippen molar-refractivity contribution in [3.05, 3.63) is 0 Å². The topological polar surface area (TPSA) is 63.6 Å². The van der Waals surface area contributed by atoms with Gasteiger partial charge in [-0.2, -0.15) is 0 Å². The van der Waals surface area contributed by atoms with E-state index in [9.17, 15) is 9.59 Å². The molecule has 1 fully saturated rings. The minimum atomic E-state index is -0.868. The Morgan fingerprint density at radius 2 is 2.45 bits per heavy atom. The molecule has 4 heteroatoms. The summed E-state index contributed by atoms with van der Waals surface area (Å²) in [5.74, 6) is -0.989. The first kappa shape index (κ1) is 8.20. The highest BCUT2D eigenvalue weighted by molar-refractivity contribution is 5.68. The molecule has 62 valence electrons. The standard InChI is InChI=1S/C7H10O4/c8-4-6-5(1-2-11-6)3-7(9)10/h4-6H,1-3H2,(H,9,10). The summed E-state index contributed by atoms with van der Waals surface area (Å²) in [4.78, 5) is 20.5. The molecule has 0 amide bonds. The van der Waals surface area contributed by atoms with Crippen LogP contribution in [-0.2, 0) is 14.3 Å². The van der Waals surface area contributed by atoms with E-state index in [2.05, 4.69) is 0 Å². The lowest BCUT2D eigenvalue weighted by Gasteiger charge is -2.08. The third-order valence-corrected chi connectivity index (χ3v) is 1.83. The molecule has 1 saturated heterocycles. The Morgan fingerprint density at radius 1 is 1.73 bits per heavy atom. The van der Waals surface area contributed by atoms with Gasteiger partial charge in [0, 0.05) is 12.5 Å². The van der Waals surface area contributed by atoms with Gasteiger partial charge in [0.15, 0.2) is 0 Å². The maximum Gasteiger partial charge on any atom is 0.303 e. The number of rotatable bonds is 3. The summed E-state index contributed by atoms with van der Waals surface area (Å²) in [6.45, 7) is 0.501. The molecule has 1 heterocycles. The Labute approximate surface area is 64.2 Å². The molecule has 0 aliphatic carbocycles. The van der Waals surface area contributed by atoms with E-state index < -0.39 is 12.1 Å². The van der Waals surface area contributed by atoms with Crippen molar-refractivity contribution >= 4 is 12.3 Å². The number of aldehydes is 1. The fraction of sp³-hybridized carbons (Fsp3) is 0.714. The number of carbonyl (C=O) groups is 2.